The van der Waals surface area contributed by atoms with E-state index in [1.807, 2.05) is 0 Å². The van der Waals surface area contributed by atoms with Crippen LogP contribution in [-0.2, 0) is 16.6 Å². The molecule has 0 spiro atoms. The van der Waals surface area contributed by atoms with Gasteiger partial charge in [0, 0.05) is 19.6 Å². The fourth-order valence-corrected chi connectivity index (χ4v) is 4.42. The van der Waals surface area contributed by atoms with Crippen LogP contribution in [0.1, 0.15) is 39.2 Å². The SMILES string of the molecule is CC(C)CNC(N)=NCc1ccc(S(=O)(=O)N2CCCC(C)C2)cc1.I. The molecule has 6 nitrogen and oxygen atoms in total. The van der Waals surface area contributed by atoms with Gasteiger partial charge >= 0.3 is 0 Å². The van der Waals surface area contributed by atoms with Gasteiger partial charge < -0.3 is 11.1 Å². The Morgan fingerprint density at radius 2 is 2.00 bits per heavy atom. The van der Waals surface area contributed by atoms with Gasteiger partial charge in [-0.2, -0.15) is 4.31 Å². The molecule has 148 valence electrons. The van der Waals surface area contributed by atoms with Crippen LogP contribution in [0.15, 0.2) is 34.2 Å². The van der Waals surface area contributed by atoms with Crippen molar-refractivity contribution in [3.8, 4) is 0 Å². The Balaban J connectivity index is 0.00000338. The summed E-state index contributed by atoms with van der Waals surface area (Å²) in [6, 6.07) is 6.94. The molecule has 1 fully saturated rings. The molecule has 2 rings (SSSR count). The highest BCUT2D eigenvalue weighted by Crippen LogP contribution is 2.23. The summed E-state index contributed by atoms with van der Waals surface area (Å²) in [6.07, 6.45) is 2.02. The molecule has 1 aliphatic heterocycles. The maximum absolute atomic E-state index is 12.7. The first-order chi connectivity index (χ1) is 11.8. The van der Waals surface area contributed by atoms with E-state index in [1.165, 1.54) is 0 Å². The highest BCUT2D eigenvalue weighted by Gasteiger charge is 2.28. The molecule has 1 unspecified atom stereocenters. The number of rotatable bonds is 6. The first-order valence-electron chi connectivity index (χ1n) is 8.92. The molecule has 1 aromatic rings. The Labute approximate surface area is 174 Å². The van der Waals surface area contributed by atoms with E-state index in [-0.39, 0.29) is 24.0 Å². The number of nitrogens with one attached hydrogen (secondary N) is 1. The largest absolute Gasteiger partial charge is 0.370 e. The van der Waals surface area contributed by atoms with Crippen molar-refractivity contribution in [3.05, 3.63) is 29.8 Å². The fourth-order valence-electron chi connectivity index (χ4n) is 2.82. The van der Waals surface area contributed by atoms with Gasteiger partial charge in [-0.15, -0.1) is 24.0 Å². The minimum atomic E-state index is -3.40. The van der Waals surface area contributed by atoms with E-state index < -0.39 is 10.0 Å². The maximum atomic E-state index is 12.7. The van der Waals surface area contributed by atoms with Crippen molar-refractivity contribution in [3.63, 3.8) is 0 Å². The van der Waals surface area contributed by atoms with E-state index in [4.69, 9.17) is 5.73 Å². The second-order valence-electron chi connectivity index (χ2n) is 7.23. The number of benzene rings is 1. The predicted molar refractivity (Wildman–Crippen MR) is 117 cm³/mol. The highest BCUT2D eigenvalue weighted by molar-refractivity contribution is 14.0. The van der Waals surface area contributed by atoms with Gasteiger partial charge in [-0.05, 0) is 42.4 Å². The number of halogens is 1. The number of piperidine rings is 1. The predicted octanol–water partition coefficient (Wildman–Crippen LogP) is 2.79. The van der Waals surface area contributed by atoms with Crippen LogP contribution in [-0.4, -0.2) is 38.3 Å². The standard InChI is InChI=1S/C18H30N4O2S.HI/c1-14(2)11-20-18(19)21-12-16-6-8-17(9-7-16)25(23,24)22-10-4-5-15(3)13-22;/h6-9,14-15H,4-5,10-13H2,1-3H3,(H3,19,20,21);1H. The number of hydrogen-bond donors (Lipinski definition) is 2. The van der Waals surface area contributed by atoms with E-state index in [9.17, 15) is 8.42 Å². The zero-order valence-electron chi connectivity index (χ0n) is 15.8. The first-order valence-corrected chi connectivity index (χ1v) is 10.4. The van der Waals surface area contributed by atoms with Crippen LogP contribution >= 0.6 is 24.0 Å². The molecule has 0 amide bonds. The molecule has 3 N–H and O–H groups in total. The lowest BCUT2D eigenvalue weighted by Gasteiger charge is -2.30. The summed E-state index contributed by atoms with van der Waals surface area (Å²) >= 11 is 0. The van der Waals surface area contributed by atoms with Gasteiger partial charge in [0.2, 0.25) is 10.0 Å². The molecule has 0 aliphatic carbocycles. The second kappa shape index (κ2) is 10.5. The van der Waals surface area contributed by atoms with E-state index in [0.29, 0.717) is 42.3 Å². The molecular weight excluding hydrogens is 463 g/mol. The van der Waals surface area contributed by atoms with Gasteiger partial charge in [-0.3, -0.25) is 0 Å². The summed E-state index contributed by atoms with van der Waals surface area (Å²) in [6.45, 7) is 8.72. The summed E-state index contributed by atoms with van der Waals surface area (Å²) in [5.74, 6) is 1.32. The van der Waals surface area contributed by atoms with Gasteiger partial charge in [0.25, 0.3) is 0 Å². The molecular formula is C18H31IN4O2S. The molecule has 0 bridgehead atoms. The van der Waals surface area contributed by atoms with Crippen LogP contribution in [0.4, 0.5) is 0 Å². The Bertz CT molecular complexity index is 690. The van der Waals surface area contributed by atoms with E-state index in [1.54, 1.807) is 28.6 Å². The van der Waals surface area contributed by atoms with Crippen LogP contribution in [0.3, 0.4) is 0 Å². The lowest BCUT2D eigenvalue weighted by atomic mass is 10.0. The summed E-state index contributed by atoms with van der Waals surface area (Å²) in [4.78, 5) is 4.63. The minimum Gasteiger partial charge on any atom is -0.370 e. The van der Waals surface area contributed by atoms with Crippen molar-refractivity contribution >= 4 is 40.0 Å². The third-order valence-corrected chi connectivity index (χ3v) is 6.18. The minimum absolute atomic E-state index is 0. The van der Waals surface area contributed by atoms with Crippen molar-refractivity contribution in [1.29, 1.82) is 0 Å². The molecule has 0 radical (unpaired) electrons. The summed E-state index contributed by atoms with van der Waals surface area (Å²) in [5.41, 5.74) is 6.75. The maximum Gasteiger partial charge on any atom is 0.243 e. The normalized spacial score (nSPS) is 19.2. The third-order valence-electron chi connectivity index (χ3n) is 4.30. The Kier molecular flexibility index (Phi) is 9.32. The van der Waals surface area contributed by atoms with Gasteiger partial charge in [-0.1, -0.05) is 32.9 Å². The molecule has 1 saturated heterocycles. The van der Waals surface area contributed by atoms with E-state index in [2.05, 4.69) is 31.1 Å². The third kappa shape index (κ3) is 6.70. The lowest BCUT2D eigenvalue weighted by molar-refractivity contribution is 0.281. The van der Waals surface area contributed by atoms with Crippen LogP contribution in [0.2, 0.25) is 0 Å². The topological polar surface area (TPSA) is 87.8 Å². The fraction of sp³-hybridized carbons (Fsp3) is 0.611. The Morgan fingerprint density at radius 3 is 2.58 bits per heavy atom. The van der Waals surface area contributed by atoms with Gasteiger partial charge in [0.15, 0.2) is 5.96 Å². The molecule has 26 heavy (non-hydrogen) atoms. The lowest BCUT2D eigenvalue weighted by Crippen LogP contribution is -2.39. The van der Waals surface area contributed by atoms with Crippen molar-refractivity contribution in [2.24, 2.45) is 22.6 Å². The Hall–Kier alpha value is -0.870. The Morgan fingerprint density at radius 1 is 1.35 bits per heavy atom. The van der Waals surface area contributed by atoms with Crippen molar-refractivity contribution in [2.75, 3.05) is 19.6 Å². The van der Waals surface area contributed by atoms with Crippen molar-refractivity contribution in [1.82, 2.24) is 9.62 Å². The van der Waals surface area contributed by atoms with Crippen LogP contribution in [0.5, 0.6) is 0 Å². The van der Waals surface area contributed by atoms with Crippen LogP contribution < -0.4 is 11.1 Å². The average Bonchev–Trinajstić information content (AvgIpc) is 2.58. The zero-order chi connectivity index (χ0) is 18.4. The molecule has 1 heterocycles. The van der Waals surface area contributed by atoms with E-state index >= 15 is 0 Å². The average molecular weight is 494 g/mol. The monoisotopic (exact) mass is 494 g/mol. The quantitative estimate of drug-likeness (QED) is 0.362. The van der Waals surface area contributed by atoms with Crippen molar-refractivity contribution in [2.45, 2.75) is 45.1 Å². The summed E-state index contributed by atoms with van der Waals surface area (Å²) in [5, 5.41) is 3.06. The van der Waals surface area contributed by atoms with E-state index in [0.717, 1.165) is 24.9 Å². The molecule has 1 aromatic carbocycles. The van der Waals surface area contributed by atoms with Crippen molar-refractivity contribution < 1.29 is 8.42 Å². The summed E-state index contributed by atoms with van der Waals surface area (Å²) in [7, 11) is -3.40. The number of aliphatic imine (C=N–C) groups is 1. The number of guanidine groups is 1. The first kappa shape index (κ1) is 23.2. The number of nitrogens with two attached hydrogens (primary N) is 1. The molecule has 0 saturated carbocycles. The molecule has 1 aliphatic rings. The van der Waals surface area contributed by atoms with Gasteiger partial charge in [0.1, 0.15) is 0 Å². The number of hydrogen-bond acceptors (Lipinski definition) is 3. The van der Waals surface area contributed by atoms with Gasteiger partial charge in [0.05, 0.1) is 11.4 Å². The molecule has 1 atom stereocenters. The number of nitrogens with zero attached hydrogens (tertiary/aromatic N) is 2. The van der Waals surface area contributed by atoms with Crippen LogP contribution in [0, 0.1) is 11.8 Å². The smallest absolute Gasteiger partial charge is 0.243 e. The molecule has 8 heteroatoms. The summed E-state index contributed by atoms with van der Waals surface area (Å²) < 4.78 is 27.1. The van der Waals surface area contributed by atoms with Gasteiger partial charge in [-0.25, -0.2) is 13.4 Å². The second-order valence-corrected chi connectivity index (χ2v) is 9.17. The number of sulfonamides is 1. The van der Waals surface area contributed by atoms with Crippen LogP contribution in [0.25, 0.3) is 0 Å². The molecule has 0 aromatic heterocycles. The highest BCUT2D eigenvalue weighted by atomic mass is 127. The zero-order valence-corrected chi connectivity index (χ0v) is 19.0.